The minimum atomic E-state index is -3.54. The molecule has 0 radical (unpaired) electrons. The monoisotopic (exact) mass is 302 g/mol. The molecule has 1 fully saturated rings. The van der Waals surface area contributed by atoms with Crippen LogP contribution in [-0.4, -0.2) is 33.6 Å². The lowest BCUT2D eigenvalue weighted by Crippen LogP contribution is -2.30. The zero-order valence-corrected chi connectivity index (χ0v) is 12.4. The molecular weight excluding hydrogens is 284 g/mol. The molecule has 19 heavy (non-hydrogen) atoms. The molecule has 0 bridgehead atoms. The lowest BCUT2D eigenvalue weighted by molar-refractivity contribution is 0.414. The Balaban J connectivity index is 2.10. The number of hydrogen-bond acceptors (Lipinski definition) is 5. The van der Waals surface area contributed by atoms with Gasteiger partial charge in [0, 0.05) is 12.6 Å². The van der Waals surface area contributed by atoms with E-state index in [0.717, 1.165) is 17.9 Å². The molecule has 0 amide bonds. The molecule has 3 N–H and O–H groups in total. The van der Waals surface area contributed by atoms with Gasteiger partial charge in [0.1, 0.15) is 10.6 Å². The highest BCUT2D eigenvalue weighted by atomic mass is 32.2. The van der Waals surface area contributed by atoms with E-state index >= 15 is 0 Å². The Morgan fingerprint density at radius 3 is 2.89 bits per heavy atom. The summed E-state index contributed by atoms with van der Waals surface area (Å²) in [6.45, 7) is 0.473. The quantitative estimate of drug-likeness (QED) is 0.802. The van der Waals surface area contributed by atoms with Crippen molar-refractivity contribution in [3.05, 3.63) is 18.2 Å². The van der Waals surface area contributed by atoms with Crippen LogP contribution in [0.15, 0.2) is 23.1 Å². The van der Waals surface area contributed by atoms with E-state index in [1.54, 1.807) is 6.07 Å². The van der Waals surface area contributed by atoms with Crippen molar-refractivity contribution < 1.29 is 13.2 Å². The van der Waals surface area contributed by atoms with Crippen molar-refractivity contribution >= 4 is 27.5 Å². The molecule has 1 unspecified atom stereocenters. The second-order valence-electron chi connectivity index (χ2n) is 4.49. The Kier molecular flexibility index (Phi) is 4.59. The van der Waals surface area contributed by atoms with Gasteiger partial charge >= 0.3 is 0 Å². The second-order valence-corrected chi connectivity index (χ2v) is 7.37. The van der Waals surface area contributed by atoms with Gasteiger partial charge in [0.2, 0.25) is 10.0 Å². The average molecular weight is 302 g/mol. The lowest BCUT2D eigenvalue weighted by Gasteiger charge is -2.12. The van der Waals surface area contributed by atoms with Crippen molar-refractivity contribution in [1.29, 1.82) is 0 Å². The summed E-state index contributed by atoms with van der Waals surface area (Å²) in [6, 6.07) is 4.58. The first-order valence-electron chi connectivity index (χ1n) is 6.04. The number of nitrogen functional groups attached to an aromatic ring is 1. The van der Waals surface area contributed by atoms with Crippen molar-refractivity contribution in [2.45, 2.75) is 11.3 Å². The Morgan fingerprint density at radius 1 is 1.53 bits per heavy atom. The van der Waals surface area contributed by atoms with Gasteiger partial charge < -0.3 is 10.5 Å². The van der Waals surface area contributed by atoms with E-state index in [2.05, 4.69) is 4.72 Å². The van der Waals surface area contributed by atoms with Crippen LogP contribution in [0.2, 0.25) is 0 Å². The lowest BCUT2D eigenvalue weighted by atomic mass is 10.1. The van der Waals surface area contributed by atoms with Crippen LogP contribution in [0, 0.1) is 5.92 Å². The standard InChI is InChI=1S/C12H18N2O3S2/c1-17-10-2-3-12(11(13)6-10)19(15,16)14-7-9-4-5-18-8-9/h2-3,6,9,14H,4-5,7-8,13H2,1H3. The van der Waals surface area contributed by atoms with Crippen molar-refractivity contribution in [2.24, 2.45) is 5.92 Å². The molecule has 1 aliphatic heterocycles. The second kappa shape index (κ2) is 6.02. The molecule has 0 aromatic heterocycles. The van der Waals surface area contributed by atoms with Crippen molar-refractivity contribution in [3.8, 4) is 5.75 Å². The van der Waals surface area contributed by atoms with E-state index in [1.807, 2.05) is 11.8 Å². The van der Waals surface area contributed by atoms with Crippen LogP contribution in [0.5, 0.6) is 5.75 Å². The van der Waals surface area contributed by atoms with Crippen LogP contribution in [-0.2, 0) is 10.0 Å². The van der Waals surface area contributed by atoms with E-state index in [1.165, 1.54) is 19.2 Å². The van der Waals surface area contributed by atoms with Gasteiger partial charge in [-0.25, -0.2) is 13.1 Å². The summed E-state index contributed by atoms with van der Waals surface area (Å²) in [5.74, 6) is 3.08. The molecule has 1 heterocycles. The number of nitrogens with one attached hydrogen (secondary N) is 1. The van der Waals surface area contributed by atoms with E-state index in [0.29, 0.717) is 18.2 Å². The summed E-state index contributed by atoms with van der Waals surface area (Å²) < 4.78 is 32.0. The number of methoxy groups -OCH3 is 1. The van der Waals surface area contributed by atoms with Crippen LogP contribution in [0.4, 0.5) is 5.69 Å². The van der Waals surface area contributed by atoms with E-state index in [9.17, 15) is 8.42 Å². The zero-order chi connectivity index (χ0) is 13.9. The number of nitrogens with two attached hydrogens (primary N) is 1. The Bertz CT molecular complexity index is 540. The predicted octanol–water partition coefficient (Wildman–Crippen LogP) is 1.31. The molecule has 1 atom stereocenters. The summed E-state index contributed by atoms with van der Waals surface area (Å²) in [7, 11) is -2.03. The fraction of sp³-hybridized carbons (Fsp3) is 0.500. The number of thioether (sulfide) groups is 1. The number of anilines is 1. The van der Waals surface area contributed by atoms with Gasteiger partial charge in [0.25, 0.3) is 0 Å². The highest BCUT2D eigenvalue weighted by Crippen LogP contribution is 2.25. The Morgan fingerprint density at radius 2 is 2.32 bits per heavy atom. The summed E-state index contributed by atoms with van der Waals surface area (Å²) in [5.41, 5.74) is 5.97. The SMILES string of the molecule is COc1ccc(S(=O)(=O)NCC2CCSC2)c(N)c1. The van der Waals surface area contributed by atoms with Crippen molar-refractivity contribution in [3.63, 3.8) is 0 Å². The first-order chi connectivity index (χ1) is 9.03. The topological polar surface area (TPSA) is 81.4 Å². The average Bonchev–Trinajstić information content (AvgIpc) is 2.89. The molecule has 1 saturated heterocycles. The highest BCUT2D eigenvalue weighted by Gasteiger charge is 2.21. The third kappa shape index (κ3) is 3.55. The number of hydrogen-bond donors (Lipinski definition) is 2. The van der Waals surface area contributed by atoms with Gasteiger partial charge in [-0.05, 0) is 36.0 Å². The van der Waals surface area contributed by atoms with Crippen molar-refractivity contribution in [1.82, 2.24) is 4.72 Å². The normalized spacial score (nSPS) is 19.5. The van der Waals surface area contributed by atoms with Gasteiger partial charge in [-0.3, -0.25) is 0 Å². The minimum Gasteiger partial charge on any atom is -0.497 e. The fourth-order valence-corrected chi connectivity index (χ4v) is 4.46. The number of rotatable bonds is 5. The third-order valence-electron chi connectivity index (χ3n) is 3.09. The van der Waals surface area contributed by atoms with E-state index in [4.69, 9.17) is 10.5 Å². The Labute approximate surface area is 118 Å². The molecule has 5 nitrogen and oxygen atoms in total. The van der Waals surface area contributed by atoms with Crippen molar-refractivity contribution in [2.75, 3.05) is 30.9 Å². The van der Waals surface area contributed by atoms with Gasteiger partial charge in [-0.2, -0.15) is 11.8 Å². The summed E-state index contributed by atoms with van der Waals surface area (Å²) in [5, 5.41) is 0. The van der Waals surface area contributed by atoms with Gasteiger partial charge in [-0.15, -0.1) is 0 Å². The van der Waals surface area contributed by atoms with Gasteiger partial charge in [0.15, 0.2) is 0 Å². The van der Waals surface area contributed by atoms with Crippen LogP contribution in [0.1, 0.15) is 6.42 Å². The molecule has 106 valence electrons. The maximum absolute atomic E-state index is 12.2. The van der Waals surface area contributed by atoms with Crippen LogP contribution in [0.25, 0.3) is 0 Å². The van der Waals surface area contributed by atoms with E-state index < -0.39 is 10.0 Å². The maximum Gasteiger partial charge on any atom is 0.242 e. The van der Waals surface area contributed by atoms with Crippen LogP contribution in [0.3, 0.4) is 0 Å². The fourth-order valence-electron chi connectivity index (χ4n) is 1.95. The first-order valence-corrected chi connectivity index (χ1v) is 8.67. The van der Waals surface area contributed by atoms with Gasteiger partial charge in [-0.1, -0.05) is 0 Å². The molecule has 0 spiro atoms. The predicted molar refractivity (Wildman–Crippen MR) is 78.0 cm³/mol. The van der Waals surface area contributed by atoms with Crippen LogP contribution >= 0.6 is 11.8 Å². The smallest absolute Gasteiger partial charge is 0.242 e. The summed E-state index contributed by atoms with van der Waals surface area (Å²) in [6.07, 6.45) is 1.06. The molecule has 7 heteroatoms. The Hall–Kier alpha value is -0.920. The zero-order valence-electron chi connectivity index (χ0n) is 10.8. The number of benzene rings is 1. The third-order valence-corrected chi connectivity index (χ3v) is 5.82. The molecule has 1 aliphatic rings. The molecule has 1 aromatic rings. The molecule has 2 rings (SSSR count). The molecule has 1 aromatic carbocycles. The van der Waals surface area contributed by atoms with Crippen LogP contribution < -0.4 is 15.2 Å². The summed E-state index contributed by atoms with van der Waals surface area (Å²) in [4.78, 5) is 0.110. The first kappa shape index (κ1) is 14.5. The van der Waals surface area contributed by atoms with Gasteiger partial charge in [0.05, 0.1) is 12.8 Å². The van der Waals surface area contributed by atoms with E-state index in [-0.39, 0.29) is 10.6 Å². The highest BCUT2D eigenvalue weighted by molar-refractivity contribution is 7.99. The number of sulfonamides is 1. The minimum absolute atomic E-state index is 0.110. The maximum atomic E-state index is 12.2. The molecule has 0 saturated carbocycles. The largest absolute Gasteiger partial charge is 0.497 e. The number of ether oxygens (including phenoxy) is 1. The molecular formula is C12H18N2O3S2. The summed E-state index contributed by atoms with van der Waals surface area (Å²) >= 11 is 1.86. The molecule has 0 aliphatic carbocycles.